The van der Waals surface area contributed by atoms with E-state index in [0.717, 1.165) is 64.2 Å². The van der Waals surface area contributed by atoms with E-state index in [9.17, 15) is 14.7 Å². The maximum Gasteiger partial charge on any atom is 0.338 e. The fourth-order valence-corrected chi connectivity index (χ4v) is 12.9. The Balaban J connectivity index is 1.27. The van der Waals surface area contributed by atoms with E-state index in [-0.39, 0.29) is 39.7 Å². The Labute approximate surface area is 270 Å². The lowest BCUT2D eigenvalue weighted by Gasteiger charge is -2.72. The smallest absolute Gasteiger partial charge is 0.338 e. The molecule has 0 heterocycles. The highest BCUT2D eigenvalue weighted by atomic mass is 16.5. The highest BCUT2D eigenvalue weighted by molar-refractivity contribution is 5.90. The van der Waals surface area contributed by atoms with Crippen LogP contribution < -0.4 is 9.47 Å². The van der Waals surface area contributed by atoms with E-state index in [0.29, 0.717) is 40.7 Å². The molecule has 0 aromatic heterocycles. The molecule has 10 atom stereocenters. The monoisotopic (exact) mass is 620 g/mol. The third kappa shape index (κ3) is 4.39. The molecule has 5 aliphatic carbocycles. The zero-order valence-corrected chi connectivity index (χ0v) is 29.0. The summed E-state index contributed by atoms with van der Waals surface area (Å²) in [5.41, 5.74) is 1.30. The number of allylic oxidation sites excluding steroid dienone is 1. The first-order valence-electron chi connectivity index (χ1n) is 17.4. The van der Waals surface area contributed by atoms with E-state index in [4.69, 9.17) is 14.2 Å². The fraction of sp³-hybridized carbons (Fsp3) is 0.744. The zero-order chi connectivity index (χ0) is 32.7. The molecule has 0 aliphatic heterocycles. The molecule has 6 heteroatoms. The van der Waals surface area contributed by atoms with E-state index in [1.54, 1.807) is 32.4 Å². The van der Waals surface area contributed by atoms with Crippen molar-refractivity contribution in [3.8, 4) is 11.5 Å². The Morgan fingerprint density at radius 1 is 0.822 bits per heavy atom. The quantitative estimate of drug-likeness (QED) is 0.253. The second-order valence-corrected chi connectivity index (χ2v) is 17.0. The normalized spacial score (nSPS) is 43.1. The maximum atomic E-state index is 13.5. The molecule has 6 nitrogen and oxygen atoms in total. The van der Waals surface area contributed by atoms with Gasteiger partial charge in [0.15, 0.2) is 11.5 Å². The van der Waals surface area contributed by atoms with Gasteiger partial charge in [0.1, 0.15) is 6.10 Å². The highest BCUT2D eigenvalue weighted by Gasteiger charge is 2.72. The number of benzene rings is 1. The summed E-state index contributed by atoms with van der Waals surface area (Å²) in [4.78, 5) is 26.4. The van der Waals surface area contributed by atoms with Gasteiger partial charge in [-0.1, -0.05) is 46.8 Å². The molecule has 6 rings (SSSR count). The van der Waals surface area contributed by atoms with Gasteiger partial charge >= 0.3 is 11.9 Å². The van der Waals surface area contributed by atoms with Crippen molar-refractivity contribution in [2.24, 2.45) is 56.7 Å². The zero-order valence-electron chi connectivity index (χ0n) is 29.0. The number of hydrogen-bond acceptors (Lipinski definition) is 5. The lowest BCUT2D eigenvalue weighted by Crippen LogP contribution is -2.67. The van der Waals surface area contributed by atoms with Crippen molar-refractivity contribution in [3.63, 3.8) is 0 Å². The van der Waals surface area contributed by atoms with E-state index >= 15 is 0 Å². The largest absolute Gasteiger partial charge is 0.493 e. The average molecular weight is 621 g/mol. The minimum atomic E-state index is -0.587. The van der Waals surface area contributed by atoms with Crippen LogP contribution in [0.15, 0.2) is 30.4 Å². The molecule has 1 aromatic carbocycles. The van der Waals surface area contributed by atoms with Crippen molar-refractivity contribution in [3.05, 3.63) is 35.9 Å². The van der Waals surface area contributed by atoms with Gasteiger partial charge in [0.05, 0.1) is 25.2 Å². The summed E-state index contributed by atoms with van der Waals surface area (Å²) < 4.78 is 17.1. The van der Waals surface area contributed by atoms with Crippen LogP contribution in [0.25, 0.3) is 0 Å². The summed E-state index contributed by atoms with van der Waals surface area (Å²) in [6, 6.07) is 5.21. The second-order valence-electron chi connectivity index (χ2n) is 17.0. The van der Waals surface area contributed by atoms with Crippen molar-refractivity contribution in [2.45, 2.75) is 112 Å². The molecule has 0 amide bonds. The van der Waals surface area contributed by atoms with Gasteiger partial charge in [-0.2, -0.15) is 0 Å². The molecule has 1 aromatic rings. The molecule has 0 radical (unpaired) electrons. The highest BCUT2D eigenvalue weighted by Crippen LogP contribution is 2.77. The lowest BCUT2D eigenvalue weighted by molar-refractivity contribution is -0.248. The summed E-state index contributed by atoms with van der Waals surface area (Å²) in [5.74, 6) is 2.16. The van der Waals surface area contributed by atoms with Crippen molar-refractivity contribution in [2.75, 3.05) is 14.2 Å². The number of aliphatic carboxylic acids is 1. The van der Waals surface area contributed by atoms with E-state index in [1.165, 1.54) is 5.57 Å². The number of carbonyl (C=O) groups excluding carboxylic acids is 1. The van der Waals surface area contributed by atoms with Crippen LogP contribution in [0.3, 0.4) is 0 Å². The van der Waals surface area contributed by atoms with E-state index in [2.05, 4.69) is 48.1 Å². The van der Waals surface area contributed by atoms with Crippen LogP contribution in [0.4, 0.5) is 0 Å². The predicted molar refractivity (Wildman–Crippen MR) is 175 cm³/mol. The van der Waals surface area contributed by atoms with Crippen LogP contribution in [0.1, 0.15) is 116 Å². The number of ether oxygens (including phenoxy) is 3. The number of carboxylic acids is 1. The predicted octanol–water partition coefficient (Wildman–Crippen LogP) is 8.97. The topological polar surface area (TPSA) is 82.1 Å². The van der Waals surface area contributed by atoms with E-state index in [1.807, 2.05) is 0 Å². The number of carbonyl (C=O) groups is 2. The molecule has 1 N–H and O–H groups in total. The fourth-order valence-electron chi connectivity index (χ4n) is 12.9. The molecule has 5 saturated carbocycles. The van der Waals surface area contributed by atoms with Crippen LogP contribution >= 0.6 is 0 Å². The molecule has 4 unspecified atom stereocenters. The first kappa shape index (κ1) is 32.4. The minimum absolute atomic E-state index is 0.104. The van der Waals surface area contributed by atoms with Crippen LogP contribution in [0.2, 0.25) is 0 Å². The van der Waals surface area contributed by atoms with Gasteiger partial charge in [-0.15, -0.1) is 0 Å². The Kier molecular flexibility index (Phi) is 7.76. The van der Waals surface area contributed by atoms with Gasteiger partial charge in [-0.25, -0.2) is 4.79 Å². The molecule has 5 aliphatic rings. The van der Waals surface area contributed by atoms with E-state index < -0.39 is 11.4 Å². The number of fused-ring (bicyclic) bond motifs is 7. The Morgan fingerprint density at radius 3 is 2.18 bits per heavy atom. The molecule has 0 bridgehead atoms. The van der Waals surface area contributed by atoms with Gasteiger partial charge in [-0.05, 0) is 135 Å². The number of esters is 1. The maximum absolute atomic E-state index is 13.5. The molecule has 5 fully saturated rings. The van der Waals surface area contributed by atoms with Crippen molar-refractivity contribution in [1.29, 1.82) is 0 Å². The third-order valence-corrected chi connectivity index (χ3v) is 15.3. The van der Waals surface area contributed by atoms with Gasteiger partial charge in [0, 0.05) is 5.41 Å². The summed E-state index contributed by atoms with van der Waals surface area (Å²) in [5, 5.41) is 10.7. The second kappa shape index (κ2) is 10.8. The SMILES string of the molecule is C=C(C)[C@@H]1CC[C@]2(C(=O)O)CC[C@]3(C)C(CCC4[C@@]5(C)CC[C@H](OC(=O)c6ccc(OC)c(OC)c6)C(C)(C)C5CC[C@]43C)C12. The standard InChI is InChI=1S/C39H56O6/c1-23(2)25-14-19-39(34(41)42)21-20-37(6)26(32(25)39)11-13-30-36(5)17-16-31(35(3,4)29(36)15-18-38(30,37)7)45-33(40)24-10-12-27(43-8)28(22-24)44-9/h10,12,22,25-26,29-32H,1,11,13-21H2,2-9H3,(H,41,42)/t25-,26?,29?,30?,31-,32?,36-,37+,38+,39-/m0/s1. The molecule has 0 spiro atoms. The third-order valence-electron chi connectivity index (χ3n) is 15.3. The molecule has 45 heavy (non-hydrogen) atoms. The molecule has 0 saturated heterocycles. The number of methoxy groups -OCH3 is 2. The summed E-state index contributed by atoms with van der Waals surface area (Å²) in [6.07, 6.45) is 9.84. The number of hydrogen-bond donors (Lipinski definition) is 1. The van der Waals surface area contributed by atoms with Gasteiger partial charge in [0.2, 0.25) is 0 Å². The summed E-state index contributed by atoms with van der Waals surface area (Å²) in [7, 11) is 3.16. The first-order valence-corrected chi connectivity index (χ1v) is 17.4. The van der Waals surface area contributed by atoms with Gasteiger partial charge in [-0.3, -0.25) is 4.79 Å². The Bertz CT molecular complexity index is 1380. The first-order chi connectivity index (χ1) is 21.1. The van der Waals surface area contributed by atoms with Crippen LogP contribution in [-0.2, 0) is 9.53 Å². The van der Waals surface area contributed by atoms with Crippen molar-refractivity contribution < 1.29 is 28.9 Å². The average Bonchev–Trinajstić information content (AvgIpc) is 3.40. The van der Waals surface area contributed by atoms with Crippen molar-refractivity contribution >= 4 is 11.9 Å². The Morgan fingerprint density at radius 2 is 1.53 bits per heavy atom. The minimum Gasteiger partial charge on any atom is -0.493 e. The molecular formula is C39H56O6. The van der Waals surface area contributed by atoms with Crippen LogP contribution in [0, 0.1) is 56.7 Å². The molecular weight excluding hydrogens is 564 g/mol. The number of rotatable bonds is 6. The van der Waals surface area contributed by atoms with Crippen LogP contribution in [0.5, 0.6) is 11.5 Å². The molecule has 248 valence electrons. The van der Waals surface area contributed by atoms with Crippen LogP contribution in [-0.4, -0.2) is 37.4 Å². The van der Waals surface area contributed by atoms with Gasteiger partial charge in [0.25, 0.3) is 0 Å². The van der Waals surface area contributed by atoms with Gasteiger partial charge < -0.3 is 19.3 Å². The summed E-state index contributed by atoms with van der Waals surface area (Å²) in [6.45, 7) is 18.9. The van der Waals surface area contributed by atoms with Crippen molar-refractivity contribution in [1.82, 2.24) is 0 Å². The number of carboxylic acid groups (broad SMARTS) is 1. The summed E-state index contributed by atoms with van der Waals surface area (Å²) >= 11 is 0. The lowest BCUT2D eigenvalue weighted by atomic mass is 9.32. The Hall–Kier alpha value is -2.50.